The molecule has 1 aromatic rings. The van der Waals surface area contributed by atoms with Crippen LogP contribution >= 0.6 is 12.4 Å². The molecular weight excluding hydrogens is 302 g/mol. The first kappa shape index (κ1) is 17.9. The molecule has 1 aliphatic heterocycles. The van der Waals surface area contributed by atoms with Crippen molar-refractivity contribution < 1.29 is 18.3 Å². The molecule has 0 radical (unpaired) electrons. The molecule has 0 amide bonds. The van der Waals surface area contributed by atoms with Crippen molar-refractivity contribution in [2.45, 2.75) is 26.1 Å². The Morgan fingerprint density at radius 3 is 2.57 bits per heavy atom. The number of hydrogen-bond donors (Lipinski definition) is 1. The van der Waals surface area contributed by atoms with Crippen LogP contribution in [0.15, 0.2) is 18.2 Å². The fourth-order valence-electron chi connectivity index (χ4n) is 2.49. The molecule has 1 heterocycles. The van der Waals surface area contributed by atoms with Crippen molar-refractivity contribution in [1.29, 1.82) is 0 Å². The second-order valence-electron chi connectivity index (χ2n) is 5.20. The van der Waals surface area contributed by atoms with Gasteiger partial charge in [0.05, 0.1) is 7.11 Å². The third-order valence-electron chi connectivity index (χ3n) is 3.60. The predicted molar refractivity (Wildman–Crippen MR) is 79.3 cm³/mol. The molecule has 1 aromatic carbocycles. The van der Waals surface area contributed by atoms with Gasteiger partial charge in [-0.05, 0) is 23.6 Å². The highest BCUT2D eigenvalue weighted by atomic mass is 35.5. The lowest BCUT2D eigenvalue weighted by Gasteiger charge is -2.17. The van der Waals surface area contributed by atoms with E-state index in [1.165, 1.54) is 13.2 Å². The quantitative estimate of drug-likeness (QED) is 0.905. The summed E-state index contributed by atoms with van der Waals surface area (Å²) in [4.78, 5) is 2.25. The van der Waals surface area contributed by atoms with Crippen LogP contribution < -0.4 is 15.2 Å². The minimum Gasteiger partial charge on any atom is -0.493 e. The van der Waals surface area contributed by atoms with Crippen LogP contribution in [0.4, 0.5) is 8.78 Å². The van der Waals surface area contributed by atoms with Crippen molar-refractivity contribution in [3.05, 3.63) is 23.8 Å². The molecule has 0 bridgehead atoms. The minimum absolute atomic E-state index is 0. The number of ether oxygens (including phenoxy) is 2. The highest BCUT2D eigenvalue weighted by Crippen LogP contribution is 2.30. The second kappa shape index (κ2) is 7.77. The summed E-state index contributed by atoms with van der Waals surface area (Å²) < 4.78 is 34.0. The topological polar surface area (TPSA) is 47.7 Å². The highest BCUT2D eigenvalue weighted by molar-refractivity contribution is 5.85. The third kappa shape index (κ3) is 4.69. The maximum absolute atomic E-state index is 12.3. The number of alkyl halides is 2. The molecule has 2 atom stereocenters. The number of methoxy groups -OCH3 is 1. The standard InChI is InChI=1S/C14H20F2N2O2.ClH/c1-9-6-18(8-11(9)17)7-10-3-4-12(20-14(15)16)13(5-10)19-2;/h3-5,9,11,14H,6-8,17H2,1-2H3;1H. The summed E-state index contributed by atoms with van der Waals surface area (Å²) in [6, 6.07) is 5.21. The Labute approximate surface area is 129 Å². The third-order valence-corrected chi connectivity index (χ3v) is 3.60. The lowest BCUT2D eigenvalue weighted by Crippen LogP contribution is -2.28. The molecule has 1 aliphatic rings. The fraction of sp³-hybridized carbons (Fsp3) is 0.571. The van der Waals surface area contributed by atoms with Gasteiger partial charge in [-0.3, -0.25) is 4.90 Å². The van der Waals surface area contributed by atoms with Crippen LogP contribution in [0.2, 0.25) is 0 Å². The summed E-state index contributed by atoms with van der Waals surface area (Å²) in [5, 5.41) is 0. The van der Waals surface area contributed by atoms with Crippen molar-refractivity contribution in [3.8, 4) is 11.5 Å². The van der Waals surface area contributed by atoms with Crippen LogP contribution in [0.3, 0.4) is 0 Å². The summed E-state index contributed by atoms with van der Waals surface area (Å²) in [5.74, 6) is 0.843. The van der Waals surface area contributed by atoms with Crippen LogP contribution in [-0.2, 0) is 6.54 Å². The first-order chi connectivity index (χ1) is 9.49. The van der Waals surface area contributed by atoms with Crippen LogP contribution in [0, 0.1) is 5.92 Å². The van der Waals surface area contributed by atoms with Crippen molar-refractivity contribution in [2.24, 2.45) is 11.7 Å². The minimum atomic E-state index is -2.85. The van der Waals surface area contributed by atoms with Crippen molar-refractivity contribution in [2.75, 3.05) is 20.2 Å². The predicted octanol–water partition coefficient (Wildman–Crippen LogP) is 2.50. The highest BCUT2D eigenvalue weighted by Gasteiger charge is 2.26. The van der Waals surface area contributed by atoms with Crippen LogP contribution in [0.1, 0.15) is 12.5 Å². The Kier molecular flexibility index (Phi) is 6.64. The summed E-state index contributed by atoms with van der Waals surface area (Å²) >= 11 is 0. The summed E-state index contributed by atoms with van der Waals surface area (Å²) in [6.07, 6.45) is 0. The van der Waals surface area contributed by atoms with Gasteiger partial charge in [-0.25, -0.2) is 0 Å². The van der Waals surface area contributed by atoms with Crippen LogP contribution in [-0.4, -0.2) is 37.8 Å². The maximum atomic E-state index is 12.3. The Bertz CT molecular complexity index is 453. The van der Waals surface area contributed by atoms with E-state index in [0.29, 0.717) is 11.7 Å². The van der Waals surface area contributed by atoms with Gasteiger partial charge in [-0.1, -0.05) is 13.0 Å². The van der Waals surface area contributed by atoms with E-state index in [1.54, 1.807) is 12.1 Å². The summed E-state index contributed by atoms with van der Waals surface area (Å²) in [7, 11) is 1.44. The van der Waals surface area contributed by atoms with Crippen LogP contribution in [0.25, 0.3) is 0 Å². The van der Waals surface area contributed by atoms with E-state index in [4.69, 9.17) is 10.5 Å². The van der Waals surface area contributed by atoms with Gasteiger partial charge in [-0.15, -0.1) is 12.4 Å². The number of hydrogen-bond acceptors (Lipinski definition) is 4. The molecule has 0 spiro atoms. The van der Waals surface area contributed by atoms with Gasteiger partial charge in [0.2, 0.25) is 0 Å². The lowest BCUT2D eigenvalue weighted by molar-refractivity contribution is -0.0512. The molecule has 21 heavy (non-hydrogen) atoms. The van der Waals surface area contributed by atoms with E-state index in [9.17, 15) is 8.78 Å². The monoisotopic (exact) mass is 322 g/mol. The second-order valence-corrected chi connectivity index (χ2v) is 5.20. The molecule has 120 valence electrons. The number of nitrogens with two attached hydrogens (primary N) is 1. The SMILES string of the molecule is COc1cc(CN2CC(C)C(N)C2)ccc1OC(F)F.Cl. The van der Waals surface area contributed by atoms with Crippen molar-refractivity contribution in [3.63, 3.8) is 0 Å². The molecule has 4 nitrogen and oxygen atoms in total. The van der Waals surface area contributed by atoms with Gasteiger partial charge in [0.15, 0.2) is 11.5 Å². The van der Waals surface area contributed by atoms with E-state index < -0.39 is 6.61 Å². The largest absolute Gasteiger partial charge is 0.493 e. The number of benzene rings is 1. The maximum Gasteiger partial charge on any atom is 0.387 e. The molecule has 7 heteroatoms. The van der Waals surface area contributed by atoms with Gasteiger partial charge in [0, 0.05) is 25.7 Å². The lowest BCUT2D eigenvalue weighted by atomic mass is 10.1. The first-order valence-corrected chi connectivity index (χ1v) is 6.59. The van der Waals surface area contributed by atoms with Gasteiger partial charge < -0.3 is 15.2 Å². The Morgan fingerprint density at radius 2 is 2.05 bits per heavy atom. The van der Waals surface area contributed by atoms with E-state index in [1.807, 2.05) is 0 Å². The molecular formula is C14H21ClF2N2O2. The Hall–Kier alpha value is -1.11. The number of nitrogens with zero attached hydrogens (tertiary/aromatic N) is 1. The Morgan fingerprint density at radius 1 is 1.33 bits per heavy atom. The van der Waals surface area contributed by atoms with Gasteiger partial charge in [0.25, 0.3) is 0 Å². The smallest absolute Gasteiger partial charge is 0.387 e. The molecule has 2 unspecified atom stereocenters. The van der Waals surface area contributed by atoms with Gasteiger partial charge in [-0.2, -0.15) is 8.78 Å². The molecule has 2 N–H and O–H groups in total. The fourth-order valence-corrected chi connectivity index (χ4v) is 2.49. The number of likely N-dealkylation sites (tertiary alicyclic amines) is 1. The van der Waals surface area contributed by atoms with E-state index in [2.05, 4.69) is 16.6 Å². The van der Waals surface area contributed by atoms with Gasteiger partial charge in [0.1, 0.15) is 0 Å². The number of halogens is 3. The molecule has 0 aromatic heterocycles. The summed E-state index contributed by atoms with van der Waals surface area (Å²) in [6.45, 7) is 1.79. The summed E-state index contributed by atoms with van der Waals surface area (Å²) in [5.41, 5.74) is 6.98. The molecule has 1 fully saturated rings. The average molecular weight is 323 g/mol. The van der Waals surface area contributed by atoms with E-state index in [-0.39, 0.29) is 24.2 Å². The van der Waals surface area contributed by atoms with Crippen molar-refractivity contribution in [1.82, 2.24) is 4.90 Å². The normalized spacial score (nSPS) is 22.2. The zero-order valence-electron chi connectivity index (χ0n) is 12.1. The van der Waals surface area contributed by atoms with Crippen LogP contribution in [0.5, 0.6) is 11.5 Å². The number of rotatable bonds is 5. The zero-order chi connectivity index (χ0) is 14.7. The zero-order valence-corrected chi connectivity index (χ0v) is 12.9. The van der Waals surface area contributed by atoms with Gasteiger partial charge >= 0.3 is 6.61 Å². The molecule has 1 saturated heterocycles. The average Bonchev–Trinajstić information content (AvgIpc) is 2.69. The van der Waals surface area contributed by atoms with E-state index in [0.717, 1.165) is 25.2 Å². The van der Waals surface area contributed by atoms with E-state index >= 15 is 0 Å². The molecule has 2 rings (SSSR count). The first-order valence-electron chi connectivity index (χ1n) is 6.59. The Balaban J connectivity index is 0.00000220. The van der Waals surface area contributed by atoms with Crippen molar-refractivity contribution >= 4 is 12.4 Å². The molecule has 0 aliphatic carbocycles. The molecule has 0 saturated carbocycles.